The molecule has 0 aromatic carbocycles. The molecule has 1 heterocycles. The SMILES string of the molecule is CC1CCC(O)C(N(C)CCN2CCCC2)C1. The Bertz CT molecular complexity index is 228. The van der Waals surface area contributed by atoms with Gasteiger partial charge < -0.3 is 10.0 Å². The first-order valence-corrected chi connectivity index (χ1v) is 7.27. The van der Waals surface area contributed by atoms with Crippen LogP contribution in [0.15, 0.2) is 0 Å². The van der Waals surface area contributed by atoms with Crippen molar-refractivity contribution in [1.82, 2.24) is 9.80 Å². The minimum atomic E-state index is -0.102. The van der Waals surface area contributed by atoms with Crippen LogP contribution in [0.4, 0.5) is 0 Å². The topological polar surface area (TPSA) is 26.7 Å². The zero-order valence-electron chi connectivity index (χ0n) is 11.4. The van der Waals surface area contributed by atoms with Crippen LogP contribution in [0.3, 0.4) is 0 Å². The molecule has 1 aliphatic carbocycles. The van der Waals surface area contributed by atoms with Crippen molar-refractivity contribution in [2.45, 2.75) is 51.2 Å². The Hall–Kier alpha value is -0.120. The van der Waals surface area contributed by atoms with E-state index in [9.17, 15) is 5.11 Å². The van der Waals surface area contributed by atoms with Gasteiger partial charge in [0.2, 0.25) is 0 Å². The van der Waals surface area contributed by atoms with Crippen LogP contribution in [0.2, 0.25) is 0 Å². The highest BCUT2D eigenvalue weighted by Gasteiger charge is 2.30. The molecule has 0 amide bonds. The van der Waals surface area contributed by atoms with Crippen LogP contribution in [-0.4, -0.2) is 60.3 Å². The normalized spacial score (nSPS) is 35.6. The van der Waals surface area contributed by atoms with Gasteiger partial charge in [-0.15, -0.1) is 0 Å². The second kappa shape index (κ2) is 6.17. The molecular weight excluding hydrogens is 212 g/mol. The Morgan fingerprint density at radius 3 is 2.65 bits per heavy atom. The van der Waals surface area contributed by atoms with Crippen LogP contribution in [0, 0.1) is 5.92 Å². The predicted molar refractivity (Wildman–Crippen MR) is 71.1 cm³/mol. The molecule has 17 heavy (non-hydrogen) atoms. The number of hydrogen-bond donors (Lipinski definition) is 1. The Labute approximate surface area is 106 Å². The minimum absolute atomic E-state index is 0.102. The largest absolute Gasteiger partial charge is 0.391 e. The third-order valence-electron chi connectivity index (χ3n) is 4.58. The third kappa shape index (κ3) is 3.67. The molecule has 2 aliphatic rings. The summed E-state index contributed by atoms with van der Waals surface area (Å²) in [6, 6.07) is 0.390. The molecule has 0 bridgehead atoms. The number of hydrogen-bond acceptors (Lipinski definition) is 3. The van der Waals surface area contributed by atoms with Gasteiger partial charge in [0.15, 0.2) is 0 Å². The molecule has 3 unspecified atom stereocenters. The predicted octanol–water partition coefficient (Wildman–Crippen LogP) is 1.56. The highest BCUT2D eigenvalue weighted by Crippen LogP contribution is 2.27. The maximum Gasteiger partial charge on any atom is 0.0695 e. The third-order valence-corrected chi connectivity index (χ3v) is 4.58. The zero-order valence-corrected chi connectivity index (χ0v) is 11.4. The Morgan fingerprint density at radius 1 is 1.24 bits per heavy atom. The van der Waals surface area contributed by atoms with E-state index in [1.165, 1.54) is 38.9 Å². The molecular formula is C14H28N2O. The number of aliphatic hydroxyl groups excluding tert-OH is 1. The van der Waals surface area contributed by atoms with Gasteiger partial charge in [0, 0.05) is 19.1 Å². The second-order valence-electron chi connectivity index (χ2n) is 6.08. The minimum Gasteiger partial charge on any atom is -0.391 e. The maximum absolute atomic E-state index is 10.1. The number of nitrogens with zero attached hydrogens (tertiary/aromatic N) is 2. The fraction of sp³-hybridized carbons (Fsp3) is 1.00. The van der Waals surface area contributed by atoms with Crippen molar-refractivity contribution in [2.24, 2.45) is 5.92 Å². The maximum atomic E-state index is 10.1. The first kappa shape index (κ1) is 13.3. The van der Waals surface area contributed by atoms with E-state index in [0.717, 1.165) is 25.3 Å². The standard InChI is InChI=1S/C14H28N2O/c1-12-5-6-14(17)13(11-12)15(2)9-10-16-7-3-4-8-16/h12-14,17H,3-11H2,1-2H3. The van der Waals surface area contributed by atoms with E-state index in [0.29, 0.717) is 6.04 Å². The number of likely N-dealkylation sites (tertiary alicyclic amines) is 1. The van der Waals surface area contributed by atoms with Crippen molar-refractivity contribution in [2.75, 3.05) is 33.2 Å². The summed E-state index contributed by atoms with van der Waals surface area (Å²) < 4.78 is 0. The average molecular weight is 240 g/mol. The lowest BCUT2D eigenvalue weighted by atomic mass is 9.84. The smallest absolute Gasteiger partial charge is 0.0695 e. The summed E-state index contributed by atoms with van der Waals surface area (Å²) in [7, 11) is 2.18. The Kier molecular flexibility index (Phi) is 4.83. The van der Waals surface area contributed by atoms with Crippen LogP contribution in [0.5, 0.6) is 0 Å². The summed E-state index contributed by atoms with van der Waals surface area (Å²) >= 11 is 0. The highest BCUT2D eigenvalue weighted by molar-refractivity contribution is 4.84. The molecule has 3 nitrogen and oxygen atoms in total. The Morgan fingerprint density at radius 2 is 1.94 bits per heavy atom. The average Bonchev–Trinajstić information content (AvgIpc) is 2.82. The molecule has 0 radical (unpaired) electrons. The molecule has 0 aromatic rings. The van der Waals surface area contributed by atoms with Gasteiger partial charge in [-0.25, -0.2) is 0 Å². The molecule has 1 aliphatic heterocycles. The zero-order chi connectivity index (χ0) is 12.3. The second-order valence-corrected chi connectivity index (χ2v) is 6.08. The van der Waals surface area contributed by atoms with Gasteiger partial charge in [-0.2, -0.15) is 0 Å². The van der Waals surface area contributed by atoms with E-state index < -0.39 is 0 Å². The van der Waals surface area contributed by atoms with Crippen LogP contribution in [-0.2, 0) is 0 Å². The molecule has 2 rings (SSSR count). The van der Waals surface area contributed by atoms with Crippen molar-refractivity contribution in [3.05, 3.63) is 0 Å². The van der Waals surface area contributed by atoms with Crippen LogP contribution in [0.25, 0.3) is 0 Å². The molecule has 2 fully saturated rings. The van der Waals surface area contributed by atoms with Crippen molar-refractivity contribution in [3.8, 4) is 0 Å². The van der Waals surface area contributed by atoms with E-state index in [-0.39, 0.29) is 6.10 Å². The summed E-state index contributed by atoms with van der Waals surface area (Å²) in [4.78, 5) is 4.94. The van der Waals surface area contributed by atoms with Crippen molar-refractivity contribution >= 4 is 0 Å². The molecule has 0 aromatic heterocycles. The summed E-state index contributed by atoms with van der Waals surface area (Å²) in [6.45, 7) is 7.14. The van der Waals surface area contributed by atoms with Gasteiger partial charge >= 0.3 is 0 Å². The van der Waals surface area contributed by atoms with Crippen LogP contribution in [0.1, 0.15) is 39.0 Å². The lowest BCUT2D eigenvalue weighted by Crippen LogP contribution is -2.47. The molecule has 1 N–H and O–H groups in total. The van der Waals surface area contributed by atoms with E-state index in [2.05, 4.69) is 23.8 Å². The molecule has 100 valence electrons. The van der Waals surface area contributed by atoms with E-state index in [1.807, 2.05) is 0 Å². The van der Waals surface area contributed by atoms with Crippen molar-refractivity contribution in [1.29, 1.82) is 0 Å². The molecule has 3 atom stereocenters. The highest BCUT2D eigenvalue weighted by atomic mass is 16.3. The van der Waals surface area contributed by atoms with E-state index >= 15 is 0 Å². The van der Waals surface area contributed by atoms with Gasteiger partial charge in [-0.05, 0) is 58.2 Å². The van der Waals surface area contributed by atoms with E-state index in [1.54, 1.807) is 0 Å². The first-order chi connectivity index (χ1) is 8.16. The number of likely N-dealkylation sites (N-methyl/N-ethyl adjacent to an activating group) is 1. The van der Waals surface area contributed by atoms with E-state index in [4.69, 9.17) is 0 Å². The Balaban J connectivity index is 1.75. The first-order valence-electron chi connectivity index (χ1n) is 7.27. The van der Waals surface area contributed by atoms with Crippen LogP contribution < -0.4 is 0 Å². The van der Waals surface area contributed by atoms with Crippen molar-refractivity contribution < 1.29 is 5.11 Å². The van der Waals surface area contributed by atoms with Crippen molar-refractivity contribution in [3.63, 3.8) is 0 Å². The number of rotatable bonds is 4. The lowest BCUT2D eigenvalue weighted by Gasteiger charge is -2.38. The summed E-state index contributed by atoms with van der Waals surface area (Å²) in [6.07, 6.45) is 5.98. The van der Waals surface area contributed by atoms with Gasteiger partial charge in [-0.3, -0.25) is 4.90 Å². The van der Waals surface area contributed by atoms with Gasteiger partial charge in [-0.1, -0.05) is 6.92 Å². The van der Waals surface area contributed by atoms with Gasteiger partial charge in [0.1, 0.15) is 0 Å². The van der Waals surface area contributed by atoms with Crippen LogP contribution >= 0.6 is 0 Å². The van der Waals surface area contributed by atoms with Gasteiger partial charge in [0.05, 0.1) is 6.10 Å². The molecule has 0 spiro atoms. The number of aliphatic hydroxyl groups is 1. The summed E-state index contributed by atoms with van der Waals surface area (Å²) in [5.74, 6) is 0.776. The summed E-state index contributed by atoms with van der Waals surface area (Å²) in [5, 5.41) is 10.1. The molecule has 1 saturated heterocycles. The van der Waals surface area contributed by atoms with Gasteiger partial charge in [0.25, 0.3) is 0 Å². The monoisotopic (exact) mass is 240 g/mol. The molecule has 3 heteroatoms. The fourth-order valence-corrected chi connectivity index (χ4v) is 3.28. The summed E-state index contributed by atoms with van der Waals surface area (Å²) in [5.41, 5.74) is 0. The quantitative estimate of drug-likeness (QED) is 0.808. The lowest BCUT2D eigenvalue weighted by molar-refractivity contribution is 0.0146. The molecule has 1 saturated carbocycles. The fourth-order valence-electron chi connectivity index (χ4n) is 3.28.